The maximum atomic E-state index is 11.6. The first-order valence-electron chi connectivity index (χ1n) is 6.04. The molecule has 2 amide bonds. The predicted molar refractivity (Wildman–Crippen MR) is 70.8 cm³/mol. The van der Waals surface area contributed by atoms with Crippen molar-refractivity contribution < 1.29 is 14.3 Å². The normalized spacial score (nSPS) is 10.9. The van der Waals surface area contributed by atoms with Crippen LogP contribution in [0.25, 0.3) is 0 Å². The van der Waals surface area contributed by atoms with Crippen molar-refractivity contribution in [3.05, 3.63) is 11.8 Å². The standard InChI is InChI=1S/C12H20N4O3/c1-8-7-14-16-10(8)15-9(17)5-6-13-11(18)19-12(2,3)4/h7H,5-6H2,1-4H3,(H,13,18)(H2,14,15,16,17). The number of hydrogen-bond acceptors (Lipinski definition) is 4. The molecule has 0 aliphatic carbocycles. The van der Waals surface area contributed by atoms with E-state index in [-0.39, 0.29) is 18.9 Å². The van der Waals surface area contributed by atoms with Crippen LogP contribution in [0.3, 0.4) is 0 Å². The zero-order valence-electron chi connectivity index (χ0n) is 11.7. The van der Waals surface area contributed by atoms with Crippen LogP contribution in [0.5, 0.6) is 0 Å². The Balaban J connectivity index is 2.24. The van der Waals surface area contributed by atoms with E-state index in [2.05, 4.69) is 20.8 Å². The van der Waals surface area contributed by atoms with Gasteiger partial charge in [0, 0.05) is 18.5 Å². The Morgan fingerprint density at radius 1 is 1.42 bits per heavy atom. The second-order valence-electron chi connectivity index (χ2n) is 5.15. The highest BCUT2D eigenvalue weighted by molar-refractivity contribution is 5.90. The van der Waals surface area contributed by atoms with E-state index in [9.17, 15) is 9.59 Å². The van der Waals surface area contributed by atoms with E-state index < -0.39 is 11.7 Å². The highest BCUT2D eigenvalue weighted by Crippen LogP contribution is 2.08. The summed E-state index contributed by atoms with van der Waals surface area (Å²) < 4.78 is 5.05. The first kappa shape index (κ1) is 15.0. The summed E-state index contributed by atoms with van der Waals surface area (Å²) in [5, 5.41) is 11.6. The van der Waals surface area contributed by atoms with Crippen LogP contribution in [-0.4, -0.2) is 34.3 Å². The second-order valence-corrected chi connectivity index (χ2v) is 5.15. The number of carbonyl (C=O) groups excluding carboxylic acids is 2. The van der Waals surface area contributed by atoms with E-state index in [4.69, 9.17) is 4.74 Å². The highest BCUT2D eigenvalue weighted by Gasteiger charge is 2.16. The molecule has 7 nitrogen and oxygen atoms in total. The molecule has 0 saturated carbocycles. The first-order chi connectivity index (χ1) is 8.78. The van der Waals surface area contributed by atoms with Crippen molar-refractivity contribution in [2.75, 3.05) is 11.9 Å². The highest BCUT2D eigenvalue weighted by atomic mass is 16.6. The zero-order valence-corrected chi connectivity index (χ0v) is 11.7. The lowest BCUT2D eigenvalue weighted by molar-refractivity contribution is -0.116. The summed E-state index contributed by atoms with van der Waals surface area (Å²) in [6.07, 6.45) is 1.25. The van der Waals surface area contributed by atoms with Crippen molar-refractivity contribution in [2.24, 2.45) is 0 Å². The molecule has 1 rings (SSSR count). The number of hydrogen-bond donors (Lipinski definition) is 3. The van der Waals surface area contributed by atoms with Gasteiger partial charge in [0.05, 0.1) is 6.20 Å². The fraction of sp³-hybridized carbons (Fsp3) is 0.583. The number of aromatic amines is 1. The Hall–Kier alpha value is -2.05. The lowest BCUT2D eigenvalue weighted by Gasteiger charge is -2.19. The third-order valence-corrected chi connectivity index (χ3v) is 2.11. The average molecular weight is 268 g/mol. The lowest BCUT2D eigenvalue weighted by Crippen LogP contribution is -2.34. The molecular weight excluding hydrogens is 248 g/mol. The SMILES string of the molecule is Cc1cn[nH]c1NC(=O)CCNC(=O)OC(C)(C)C. The van der Waals surface area contributed by atoms with Crippen LogP contribution in [0.1, 0.15) is 32.8 Å². The molecule has 19 heavy (non-hydrogen) atoms. The molecule has 106 valence electrons. The number of amides is 2. The number of carbonyl (C=O) groups is 2. The van der Waals surface area contributed by atoms with Crippen LogP contribution in [0.2, 0.25) is 0 Å². The molecule has 0 saturated heterocycles. The number of nitrogens with zero attached hydrogens (tertiary/aromatic N) is 1. The Kier molecular flexibility index (Phi) is 4.91. The maximum Gasteiger partial charge on any atom is 0.407 e. The van der Waals surface area contributed by atoms with E-state index in [0.29, 0.717) is 5.82 Å². The molecular formula is C12H20N4O3. The van der Waals surface area contributed by atoms with Crippen LogP contribution < -0.4 is 10.6 Å². The zero-order chi connectivity index (χ0) is 14.5. The summed E-state index contributed by atoms with van der Waals surface area (Å²) in [4.78, 5) is 22.9. The predicted octanol–water partition coefficient (Wildman–Crippen LogP) is 1.57. The Morgan fingerprint density at radius 3 is 2.63 bits per heavy atom. The fourth-order valence-electron chi connectivity index (χ4n) is 1.27. The molecule has 1 heterocycles. The quantitative estimate of drug-likeness (QED) is 0.772. The molecule has 7 heteroatoms. The summed E-state index contributed by atoms with van der Waals surface area (Å²) in [6.45, 7) is 7.38. The summed E-state index contributed by atoms with van der Waals surface area (Å²) in [6, 6.07) is 0. The Labute approximate surface area is 112 Å². The molecule has 0 aliphatic heterocycles. The Morgan fingerprint density at radius 2 is 2.11 bits per heavy atom. The van der Waals surface area contributed by atoms with Gasteiger partial charge in [0.25, 0.3) is 0 Å². The molecule has 0 atom stereocenters. The number of ether oxygens (including phenoxy) is 1. The monoisotopic (exact) mass is 268 g/mol. The second kappa shape index (κ2) is 6.21. The van der Waals surface area contributed by atoms with Gasteiger partial charge in [0.15, 0.2) is 0 Å². The van der Waals surface area contributed by atoms with E-state index in [1.165, 1.54) is 0 Å². The van der Waals surface area contributed by atoms with Gasteiger partial charge >= 0.3 is 6.09 Å². The smallest absolute Gasteiger partial charge is 0.407 e. The van der Waals surface area contributed by atoms with Crippen molar-refractivity contribution in [1.29, 1.82) is 0 Å². The van der Waals surface area contributed by atoms with Gasteiger partial charge < -0.3 is 15.4 Å². The summed E-state index contributed by atoms with van der Waals surface area (Å²) in [5.74, 6) is 0.366. The van der Waals surface area contributed by atoms with Crippen LogP contribution in [0, 0.1) is 6.92 Å². The van der Waals surface area contributed by atoms with E-state index >= 15 is 0 Å². The molecule has 0 aromatic carbocycles. The van der Waals surface area contributed by atoms with Crippen LogP contribution >= 0.6 is 0 Å². The molecule has 0 spiro atoms. The summed E-state index contributed by atoms with van der Waals surface area (Å²) in [7, 11) is 0. The van der Waals surface area contributed by atoms with Crippen LogP contribution in [0.15, 0.2) is 6.20 Å². The minimum atomic E-state index is -0.542. The lowest BCUT2D eigenvalue weighted by atomic mass is 10.2. The van der Waals surface area contributed by atoms with Gasteiger partial charge in [-0.3, -0.25) is 9.89 Å². The van der Waals surface area contributed by atoms with Gasteiger partial charge in [0.1, 0.15) is 11.4 Å². The fourth-order valence-corrected chi connectivity index (χ4v) is 1.27. The van der Waals surface area contributed by atoms with Crippen LogP contribution in [0.4, 0.5) is 10.6 Å². The number of nitrogens with one attached hydrogen (secondary N) is 3. The van der Waals surface area contributed by atoms with Crippen molar-refractivity contribution in [3.63, 3.8) is 0 Å². The van der Waals surface area contributed by atoms with Crippen molar-refractivity contribution in [3.8, 4) is 0 Å². The van der Waals surface area contributed by atoms with Gasteiger partial charge in [0.2, 0.25) is 5.91 Å². The van der Waals surface area contributed by atoms with Crippen molar-refractivity contribution in [2.45, 2.75) is 39.7 Å². The molecule has 3 N–H and O–H groups in total. The summed E-state index contributed by atoms with van der Waals surface area (Å²) in [5.41, 5.74) is 0.313. The van der Waals surface area contributed by atoms with E-state index in [1.807, 2.05) is 6.92 Å². The van der Waals surface area contributed by atoms with Gasteiger partial charge in [-0.2, -0.15) is 5.10 Å². The molecule has 0 fully saturated rings. The largest absolute Gasteiger partial charge is 0.444 e. The van der Waals surface area contributed by atoms with E-state index in [0.717, 1.165) is 5.56 Å². The van der Waals surface area contributed by atoms with Crippen molar-refractivity contribution in [1.82, 2.24) is 15.5 Å². The topological polar surface area (TPSA) is 96.1 Å². The average Bonchev–Trinajstić information content (AvgIpc) is 2.61. The number of rotatable bonds is 4. The first-order valence-corrected chi connectivity index (χ1v) is 6.04. The molecule has 0 bridgehead atoms. The third-order valence-electron chi connectivity index (χ3n) is 2.11. The maximum absolute atomic E-state index is 11.6. The number of aromatic nitrogens is 2. The summed E-state index contributed by atoms with van der Waals surface area (Å²) >= 11 is 0. The van der Waals surface area contributed by atoms with Crippen LogP contribution in [-0.2, 0) is 9.53 Å². The number of anilines is 1. The Bertz CT molecular complexity index is 448. The third kappa shape index (κ3) is 5.89. The van der Waals surface area contributed by atoms with Gasteiger partial charge in [-0.15, -0.1) is 0 Å². The molecule has 1 aromatic heterocycles. The van der Waals surface area contributed by atoms with Crippen molar-refractivity contribution >= 4 is 17.8 Å². The molecule has 1 aromatic rings. The number of aryl methyl sites for hydroxylation is 1. The van der Waals surface area contributed by atoms with Gasteiger partial charge in [-0.05, 0) is 27.7 Å². The van der Waals surface area contributed by atoms with Gasteiger partial charge in [-0.25, -0.2) is 4.79 Å². The van der Waals surface area contributed by atoms with Gasteiger partial charge in [-0.1, -0.05) is 0 Å². The number of H-pyrrole nitrogens is 1. The minimum Gasteiger partial charge on any atom is -0.444 e. The van der Waals surface area contributed by atoms with E-state index in [1.54, 1.807) is 27.0 Å². The minimum absolute atomic E-state index is 0.164. The molecule has 0 unspecified atom stereocenters. The molecule has 0 radical (unpaired) electrons. The molecule has 0 aliphatic rings. The number of alkyl carbamates (subject to hydrolysis) is 1.